The molecule has 2 heterocycles. The van der Waals surface area contributed by atoms with E-state index < -0.39 is 0 Å². The molecule has 0 radical (unpaired) electrons. The Morgan fingerprint density at radius 3 is 2.81 bits per heavy atom. The predicted octanol–water partition coefficient (Wildman–Crippen LogP) is 3.81. The summed E-state index contributed by atoms with van der Waals surface area (Å²) in [6, 6.07) is 14.5. The maximum absolute atomic E-state index is 12.0. The van der Waals surface area contributed by atoms with Crippen LogP contribution in [0.1, 0.15) is 38.5 Å². The Morgan fingerprint density at radius 1 is 1.08 bits per heavy atom. The maximum Gasteiger partial charge on any atom is 0.243 e. The third-order valence-corrected chi connectivity index (χ3v) is 6.71. The van der Waals surface area contributed by atoms with E-state index in [1.807, 2.05) is 24.3 Å². The monoisotopic (exact) mass is 511 g/mol. The van der Waals surface area contributed by atoms with Crippen LogP contribution in [0.5, 0.6) is 5.75 Å². The van der Waals surface area contributed by atoms with Gasteiger partial charge in [-0.3, -0.25) is 9.69 Å². The van der Waals surface area contributed by atoms with E-state index in [2.05, 4.69) is 40.0 Å². The van der Waals surface area contributed by atoms with Crippen LogP contribution in [-0.2, 0) is 19.1 Å². The van der Waals surface area contributed by atoms with Crippen molar-refractivity contribution in [3.8, 4) is 5.75 Å². The zero-order chi connectivity index (χ0) is 25.5. The van der Waals surface area contributed by atoms with Crippen molar-refractivity contribution in [1.29, 1.82) is 0 Å². The minimum atomic E-state index is -0.299. The Labute approximate surface area is 220 Å². The minimum Gasteiger partial charge on any atom is -0.489 e. The van der Waals surface area contributed by atoms with Gasteiger partial charge in [-0.25, -0.2) is 10.3 Å². The van der Waals surface area contributed by atoms with Gasteiger partial charge in [0.2, 0.25) is 5.91 Å². The van der Waals surface area contributed by atoms with Crippen molar-refractivity contribution in [2.75, 3.05) is 59.2 Å². The molecular weight excluding hydrogens is 470 g/mol. The number of allylic oxidation sites excluding steroid dienone is 1. The summed E-state index contributed by atoms with van der Waals surface area (Å²) >= 11 is 0. The molecule has 2 N–H and O–H groups in total. The smallest absolute Gasteiger partial charge is 0.243 e. The third-order valence-electron chi connectivity index (χ3n) is 6.71. The highest BCUT2D eigenvalue weighted by Crippen LogP contribution is 2.25. The van der Waals surface area contributed by atoms with Crippen LogP contribution >= 0.6 is 0 Å². The van der Waals surface area contributed by atoms with Gasteiger partial charge in [0.25, 0.3) is 0 Å². The number of ether oxygens (including phenoxy) is 3. The second kappa shape index (κ2) is 15.7. The Hall–Kier alpha value is -2.49. The number of carbonyl (C=O) groups excluding carboxylic acids is 1. The van der Waals surface area contributed by atoms with Crippen LogP contribution in [0.4, 0.5) is 0 Å². The van der Waals surface area contributed by atoms with E-state index >= 15 is 0 Å². The summed E-state index contributed by atoms with van der Waals surface area (Å²) in [5.41, 5.74) is 3.74. The molecule has 2 aliphatic rings. The van der Waals surface area contributed by atoms with Crippen molar-refractivity contribution in [2.24, 2.45) is 0 Å². The summed E-state index contributed by atoms with van der Waals surface area (Å²) in [6.45, 7) is 7.60. The van der Waals surface area contributed by atoms with Crippen molar-refractivity contribution in [2.45, 2.75) is 44.8 Å². The number of fused-ring (bicyclic) bond motifs is 1. The van der Waals surface area contributed by atoms with Gasteiger partial charge < -0.3 is 19.5 Å². The molecule has 202 valence electrons. The fourth-order valence-corrected chi connectivity index (χ4v) is 4.54. The Morgan fingerprint density at radius 2 is 1.95 bits per heavy atom. The highest BCUT2D eigenvalue weighted by molar-refractivity contribution is 5.88. The van der Waals surface area contributed by atoms with E-state index in [9.17, 15) is 4.79 Å². The Kier molecular flexibility index (Phi) is 11.7. The number of amides is 1. The molecule has 0 bridgehead atoms. The Bertz CT molecular complexity index is 981. The lowest BCUT2D eigenvalue weighted by molar-refractivity contribution is -0.171. The van der Waals surface area contributed by atoms with E-state index in [4.69, 9.17) is 19.0 Å². The standard InChI is InChI=1S/C29H41N3O5/c33-28(31-37-29-14-7-19-35-29)13-3-1-2-8-24(22-30-15-16-32-17-20-34-21-18-32)23-36-27-12-6-10-25-9-4-5-11-26(25)27/h4-6,8-12,29-30H,1-3,7,13-23H2,(H,31,33)/b24-8-. The minimum absolute atomic E-state index is 0.0937. The summed E-state index contributed by atoms with van der Waals surface area (Å²) in [5, 5.41) is 5.89. The molecule has 0 aliphatic carbocycles. The second-order valence-electron chi connectivity index (χ2n) is 9.59. The van der Waals surface area contributed by atoms with Crippen molar-refractivity contribution in [1.82, 2.24) is 15.7 Å². The number of rotatable bonds is 15. The van der Waals surface area contributed by atoms with Crippen LogP contribution in [-0.4, -0.2) is 76.2 Å². The molecule has 37 heavy (non-hydrogen) atoms. The molecule has 1 amide bonds. The molecule has 4 rings (SSSR count). The summed E-state index contributed by atoms with van der Waals surface area (Å²) in [4.78, 5) is 19.7. The highest BCUT2D eigenvalue weighted by Gasteiger charge is 2.17. The summed E-state index contributed by atoms with van der Waals surface area (Å²) < 4.78 is 17.1. The first-order valence-electron chi connectivity index (χ1n) is 13.6. The molecule has 2 aromatic carbocycles. The number of carbonyl (C=O) groups is 1. The summed E-state index contributed by atoms with van der Waals surface area (Å²) in [7, 11) is 0. The lowest BCUT2D eigenvalue weighted by Crippen LogP contribution is -2.40. The van der Waals surface area contributed by atoms with Gasteiger partial charge in [-0.05, 0) is 42.7 Å². The highest BCUT2D eigenvalue weighted by atomic mass is 16.8. The predicted molar refractivity (Wildman–Crippen MR) is 144 cm³/mol. The fourth-order valence-electron chi connectivity index (χ4n) is 4.54. The van der Waals surface area contributed by atoms with Gasteiger partial charge >= 0.3 is 0 Å². The van der Waals surface area contributed by atoms with Crippen LogP contribution in [0, 0.1) is 0 Å². The van der Waals surface area contributed by atoms with Gasteiger partial charge in [-0.2, -0.15) is 0 Å². The van der Waals surface area contributed by atoms with Gasteiger partial charge in [0.15, 0.2) is 6.29 Å². The molecule has 2 fully saturated rings. The number of hydrogen-bond donors (Lipinski definition) is 2. The quantitative estimate of drug-likeness (QED) is 0.214. The van der Waals surface area contributed by atoms with E-state index in [1.165, 1.54) is 11.0 Å². The Balaban J connectivity index is 1.22. The fraction of sp³-hybridized carbons (Fsp3) is 0.552. The molecule has 8 heteroatoms. The molecular formula is C29H41N3O5. The average Bonchev–Trinajstić information content (AvgIpc) is 3.46. The number of hydroxylamine groups is 1. The van der Waals surface area contributed by atoms with Gasteiger partial charge in [0.1, 0.15) is 12.4 Å². The largest absolute Gasteiger partial charge is 0.489 e. The van der Waals surface area contributed by atoms with Crippen LogP contribution < -0.4 is 15.5 Å². The zero-order valence-corrected chi connectivity index (χ0v) is 21.8. The number of hydrogen-bond acceptors (Lipinski definition) is 7. The topological polar surface area (TPSA) is 81.3 Å². The van der Waals surface area contributed by atoms with E-state index in [0.29, 0.717) is 19.6 Å². The van der Waals surface area contributed by atoms with Gasteiger partial charge in [0, 0.05) is 51.0 Å². The number of benzene rings is 2. The average molecular weight is 512 g/mol. The molecule has 2 aliphatic heterocycles. The first-order chi connectivity index (χ1) is 18.3. The molecule has 8 nitrogen and oxygen atoms in total. The molecule has 2 saturated heterocycles. The molecule has 0 spiro atoms. The molecule has 1 unspecified atom stereocenters. The van der Waals surface area contributed by atoms with E-state index in [0.717, 1.165) is 89.2 Å². The normalized spacial score (nSPS) is 18.8. The van der Waals surface area contributed by atoms with E-state index in [1.54, 1.807) is 0 Å². The van der Waals surface area contributed by atoms with Crippen LogP contribution in [0.2, 0.25) is 0 Å². The van der Waals surface area contributed by atoms with Crippen LogP contribution in [0.15, 0.2) is 54.1 Å². The first-order valence-corrected chi connectivity index (χ1v) is 13.6. The van der Waals surface area contributed by atoms with Gasteiger partial charge in [-0.1, -0.05) is 42.5 Å². The van der Waals surface area contributed by atoms with Crippen LogP contribution in [0.3, 0.4) is 0 Å². The SMILES string of the molecule is O=C(CCCC/C=C(/CNCCN1CCOCC1)COc1cccc2ccccc12)NOC1CCCO1. The van der Waals surface area contributed by atoms with Crippen molar-refractivity contribution < 1.29 is 23.8 Å². The maximum atomic E-state index is 12.0. The molecule has 2 aromatic rings. The summed E-state index contributed by atoms with van der Waals surface area (Å²) in [5.74, 6) is 0.809. The third kappa shape index (κ3) is 9.72. The second-order valence-corrected chi connectivity index (χ2v) is 9.59. The summed E-state index contributed by atoms with van der Waals surface area (Å²) in [6.07, 6.45) is 6.84. The van der Waals surface area contributed by atoms with Gasteiger partial charge in [-0.15, -0.1) is 0 Å². The van der Waals surface area contributed by atoms with E-state index in [-0.39, 0.29) is 12.2 Å². The number of unbranched alkanes of at least 4 members (excludes halogenated alkanes) is 2. The lowest BCUT2D eigenvalue weighted by atomic mass is 10.1. The first kappa shape index (κ1) is 27.5. The lowest BCUT2D eigenvalue weighted by Gasteiger charge is -2.26. The molecule has 1 atom stereocenters. The zero-order valence-electron chi connectivity index (χ0n) is 21.8. The molecule has 0 aromatic heterocycles. The van der Waals surface area contributed by atoms with Crippen LogP contribution in [0.25, 0.3) is 10.8 Å². The van der Waals surface area contributed by atoms with Crippen molar-refractivity contribution in [3.63, 3.8) is 0 Å². The van der Waals surface area contributed by atoms with Gasteiger partial charge in [0.05, 0.1) is 19.8 Å². The molecule has 0 saturated carbocycles. The number of nitrogens with zero attached hydrogens (tertiary/aromatic N) is 1. The number of nitrogens with one attached hydrogen (secondary N) is 2. The van der Waals surface area contributed by atoms with Crippen molar-refractivity contribution >= 4 is 16.7 Å². The van der Waals surface area contributed by atoms with Crippen molar-refractivity contribution in [3.05, 3.63) is 54.1 Å². The number of morpholine rings is 1.